The Hall–Kier alpha value is -2.14. The number of alkyl halides is 3. The molecule has 11 heteroatoms. The zero-order valence-corrected chi connectivity index (χ0v) is 17.6. The number of aliphatic carboxylic acids is 1. The van der Waals surface area contributed by atoms with Gasteiger partial charge in [-0.15, -0.1) is 0 Å². The molecule has 174 valence electrons. The monoisotopic (exact) mass is 446 g/mol. The van der Waals surface area contributed by atoms with Gasteiger partial charge in [0.15, 0.2) is 0 Å². The highest BCUT2D eigenvalue weighted by Gasteiger charge is 2.45. The van der Waals surface area contributed by atoms with Crippen molar-refractivity contribution in [1.82, 2.24) is 19.4 Å². The maximum atomic E-state index is 12.7. The molecule has 4 rings (SSSR count). The molecule has 1 aromatic rings. The van der Waals surface area contributed by atoms with Gasteiger partial charge in [0, 0.05) is 26.3 Å². The number of carbonyl (C=O) groups is 2. The maximum Gasteiger partial charge on any atom is 0.490 e. The molecule has 3 aliphatic rings. The van der Waals surface area contributed by atoms with Crippen molar-refractivity contribution in [2.75, 3.05) is 39.3 Å². The third-order valence-corrected chi connectivity index (χ3v) is 5.99. The van der Waals surface area contributed by atoms with E-state index in [4.69, 9.17) is 14.6 Å². The van der Waals surface area contributed by atoms with E-state index in [1.807, 2.05) is 16.5 Å². The van der Waals surface area contributed by atoms with Crippen molar-refractivity contribution < 1.29 is 32.6 Å². The molecule has 0 bridgehead atoms. The van der Waals surface area contributed by atoms with Crippen molar-refractivity contribution in [3.63, 3.8) is 0 Å². The van der Waals surface area contributed by atoms with E-state index >= 15 is 0 Å². The summed E-state index contributed by atoms with van der Waals surface area (Å²) in [4.78, 5) is 30.3. The summed E-state index contributed by atoms with van der Waals surface area (Å²) < 4.78 is 39.8. The number of nitrogens with zero attached hydrogens (tertiary/aromatic N) is 4. The lowest BCUT2D eigenvalue weighted by Gasteiger charge is -2.39. The van der Waals surface area contributed by atoms with Gasteiger partial charge in [-0.25, -0.2) is 9.78 Å². The molecule has 1 N–H and O–H groups in total. The van der Waals surface area contributed by atoms with Crippen molar-refractivity contribution >= 4 is 11.9 Å². The van der Waals surface area contributed by atoms with E-state index in [9.17, 15) is 18.0 Å². The standard InChI is InChI=1S/C18H28N4O2.C2HF3O2/c1-20-11-16(19-14-20)17(23)22-8-4-5-18(13-22)9-15(12-24-18)10-21-6-2-3-7-21;3-2(4,5)1(6)7/h11,14-15H,2-10,12-13H2,1H3;(H,6,7). The Morgan fingerprint density at radius 3 is 2.52 bits per heavy atom. The molecule has 3 saturated heterocycles. The summed E-state index contributed by atoms with van der Waals surface area (Å²) in [6, 6.07) is 0. The highest BCUT2D eigenvalue weighted by Crippen LogP contribution is 2.38. The van der Waals surface area contributed by atoms with Gasteiger partial charge < -0.3 is 24.2 Å². The normalized spacial score (nSPS) is 26.7. The first-order chi connectivity index (χ1) is 14.6. The van der Waals surface area contributed by atoms with E-state index in [-0.39, 0.29) is 11.5 Å². The summed E-state index contributed by atoms with van der Waals surface area (Å²) >= 11 is 0. The second kappa shape index (κ2) is 9.56. The third-order valence-electron chi connectivity index (χ3n) is 5.99. The summed E-state index contributed by atoms with van der Waals surface area (Å²) in [5, 5.41) is 7.12. The number of aryl methyl sites for hydroxylation is 1. The molecule has 2 atom stereocenters. The van der Waals surface area contributed by atoms with Crippen LogP contribution in [0.2, 0.25) is 0 Å². The molecule has 3 fully saturated rings. The van der Waals surface area contributed by atoms with Crippen molar-refractivity contribution in [2.24, 2.45) is 13.0 Å². The SMILES string of the molecule is Cn1cnc(C(=O)N2CCCC3(CC(CN4CCCC4)CO3)C2)c1.O=C(O)C(F)(F)F. The molecule has 1 amide bonds. The fourth-order valence-electron chi connectivity index (χ4n) is 4.63. The Kier molecular flexibility index (Phi) is 7.25. The van der Waals surface area contributed by atoms with Gasteiger partial charge >= 0.3 is 12.1 Å². The Labute approximate surface area is 179 Å². The van der Waals surface area contributed by atoms with Gasteiger partial charge in [-0.3, -0.25) is 4.79 Å². The number of hydrogen-bond acceptors (Lipinski definition) is 5. The van der Waals surface area contributed by atoms with E-state index in [0.717, 1.165) is 45.5 Å². The van der Waals surface area contributed by atoms with E-state index in [2.05, 4.69) is 9.88 Å². The molecule has 3 aliphatic heterocycles. The molecule has 0 radical (unpaired) electrons. The van der Waals surface area contributed by atoms with Crippen LogP contribution in [-0.4, -0.2) is 87.4 Å². The molecule has 0 saturated carbocycles. The second-order valence-electron chi connectivity index (χ2n) is 8.63. The zero-order chi connectivity index (χ0) is 22.6. The number of imidazole rings is 1. The Bertz CT molecular complexity index is 779. The fraction of sp³-hybridized carbons (Fsp3) is 0.750. The Morgan fingerprint density at radius 2 is 1.94 bits per heavy atom. The first-order valence-corrected chi connectivity index (χ1v) is 10.5. The lowest BCUT2D eigenvalue weighted by Crippen LogP contribution is -2.50. The fourth-order valence-corrected chi connectivity index (χ4v) is 4.63. The molecular formula is C20H29F3N4O4. The average molecular weight is 446 g/mol. The van der Waals surface area contributed by atoms with Gasteiger partial charge in [-0.05, 0) is 51.1 Å². The quantitative estimate of drug-likeness (QED) is 0.766. The van der Waals surface area contributed by atoms with E-state index in [1.54, 1.807) is 12.5 Å². The third kappa shape index (κ3) is 6.19. The van der Waals surface area contributed by atoms with E-state index in [0.29, 0.717) is 11.6 Å². The molecule has 1 spiro atoms. The molecule has 4 heterocycles. The number of amides is 1. The van der Waals surface area contributed by atoms with Gasteiger partial charge in [0.2, 0.25) is 0 Å². The number of halogens is 3. The number of aromatic nitrogens is 2. The number of carboxylic acid groups (broad SMARTS) is 1. The van der Waals surface area contributed by atoms with Crippen LogP contribution in [-0.2, 0) is 16.6 Å². The van der Waals surface area contributed by atoms with E-state index in [1.165, 1.54) is 25.9 Å². The van der Waals surface area contributed by atoms with Crippen LogP contribution in [0.4, 0.5) is 13.2 Å². The Morgan fingerprint density at radius 1 is 1.26 bits per heavy atom. The van der Waals surface area contributed by atoms with Crippen LogP contribution < -0.4 is 0 Å². The first-order valence-electron chi connectivity index (χ1n) is 10.5. The summed E-state index contributed by atoms with van der Waals surface area (Å²) in [5.41, 5.74) is 0.425. The van der Waals surface area contributed by atoms with Crippen LogP contribution in [0.1, 0.15) is 42.6 Å². The molecule has 1 aromatic heterocycles. The van der Waals surface area contributed by atoms with Crippen LogP contribution in [0.15, 0.2) is 12.5 Å². The molecule has 31 heavy (non-hydrogen) atoms. The predicted molar refractivity (Wildman–Crippen MR) is 105 cm³/mol. The maximum absolute atomic E-state index is 12.7. The van der Waals surface area contributed by atoms with Crippen LogP contribution in [0.25, 0.3) is 0 Å². The number of likely N-dealkylation sites (tertiary alicyclic amines) is 2. The number of carbonyl (C=O) groups excluding carboxylic acids is 1. The lowest BCUT2D eigenvalue weighted by molar-refractivity contribution is -0.192. The Balaban J connectivity index is 0.000000339. The topological polar surface area (TPSA) is 87.9 Å². The van der Waals surface area contributed by atoms with Gasteiger partial charge in [0.25, 0.3) is 5.91 Å². The van der Waals surface area contributed by atoms with Crippen molar-refractivity contribution in [3.8, 4) is 0 Å². The largest absolute Gasteiger partial charge is 0.490 e. The number of carboxylic acids is 1. The average Bonchev–Trinajstić information content (AvgIpc) is 3.44. The highest BCUT2D eigenvalue weighted by molar-refractivity contribution is 5.92. The zero-order valence-electron chi connectivity index (χ0n) is 17.6. The number of piperidine rings is 1. The summed E-state index contributed by atoms with van der Waals surface area (Å²) in [6.07, 6.45) is 4.27. The number of hydrogen-bond donors (Lipinski definition) is 1. The van der Waals surface area contributed by atoms with Crippen molar-refractivity contribution in [3.05, 3.63) is 18.2 Å². The summed E-state index contributed by atoms with van der Waals surface area (Å²) in [5.74, 6) is -2.10. The molecule has 8 nitrogen and oxygen atoms in total. The lowest BCUT2D eigenvalue weighted by atomic mass is 9.86. The minimum Gasteiger partial charge on any atom is -0.475 e. The molecule has 2 unspecified atom stereocenters. The predicted octanol–water partition coefficient (Wildman–Crippen LogP) is 2.16. The summed E-state index contributed by atoms with van der Waals surface area (Å²) in [6.45, 7) is 6.04. The second-order valence-corrected chi connectivity index (χ2v) is 8.63. The number of rotatable bonds is 3. The van der Waals surface area contributed by atoms with E-state index < -0.39 is 12.1 Å². The van der Waals surface area contributed by atoms with Gasteiger partial charge in [-0.1, -0.05) is 0 Å². The van der Waals surface area contributed by atoms with Crippen molar-refractivity contribution in [1.29, 1.82) is 0 Å². The van der Waals surface area contributed by atoms with Crippen LogP contribution in [0.5, 0.6) is 0 Å². The minimum absolute atomic E-state index is 0.0428. The van der Waals surface area contributed by atoms with Gasteiger partial charge in [-0.2, -0.15) is 13.2 Å². The van der Waals surface area contributed by atoms with Crippen LogP contribution in [0.3, 0.4) is 0 Å². The smallest absolute Gasteiger partial charge is 0.475 e. The van der Waals surface area contributed by atoms with Crippen molar-refractivity contribution in [2.45, 2.75) is 43.9 Å². The first kappa shape index (κ1) is 23.5. The summed E-state index contributed by atoms with van der Waals surface area (Å²) in [7, 11) is 1.89. The van der Waals surface area contributed by atoms with Gasteiger partial charge in [0.05, 0.1) is 25.1 Å². The van der Waals surface area contributed by atoms with Crippen LogP contribution >= 0.6 is 0 Å². The molecular weight excluding hydrogens is 417 g/mol. The number of ether oxygens (including phenoxy) is 1. The molecule has 0 aliphatic carbocycles. The van der Waals surface area contributed by atoms with Gasteiger partial charge in [0.1, 0.15) is 5.69 Å². The molecule has 0 aromatic carbocycles. The highest BCUT2D eigenvalue weighted by atomic mass is 19.4. The minimum atomic E-state index is -5.08. The van der Waals surface area contributed by atoms with Crippen LogP contribution in [0, 0.1) is 5.92 Å².